The molecular weight excluding hydrogens is 480 g/mol. The van der Waals surface area contributed by atoms with Crippen LogP contribution in [-0.2, 0) is 0 Å². The fourth-order valence-electron chi connectivity index (χ4n) is 3.98. The molecule has 0 unspecified atom stereocenters. The van der Waals surface area contributed by atoms with Crippen LogP contribution in [0.1, 0.15) is 49.2 Å². The standard InChI is InChI=1S/C29H36N6O3/c1-5-34(6-2)25-14-12-22(27(36)17-25)19-30-32-24-11-9-10-21(16-24)29(38)33-31-20-23-13-15-26(18-28(23)37)35(7-3)8-4/h9-20,32,36-37H,5-8H2,1-4H3,(H,33,38). The molecule has 0 saturated carbocycles. The quantitative estimate of drug-likeness (QED) is 0.199. The summed E-state index contributed by atoms with van der Waals surface area (Å²) in [5.74, 6) is -0.178. The summed E-state index contributed by atoms with van der Waals surface area (Å²) < 4.78 is 0. The van der Waals surface area contributed by atoms with E-state index in [2.05, 4.69) is 58.5 Å². The van der Waals surface area contributed by atoms with Crippen molar-refractivity contribution in [2.75, 3.05) is 41.4 Å². The second kappa shape index (κ2) is 13.7. The van der Waals surface area contributed by atoms with Crippen LogP contribution >= 0.6 is 0 Å². The minimum atomic E-state index is -0.405. The third-order valence-electron chi connectivity index (χ3n) is 6.18. The number of phenols is 2. The molecule has 9 nitrogen and oxygen atoms in total. The summed E-state index contributed by atoms with van der Waals surface area (Å²) in [6.45, 7) is 11.6. The number of phenolic OH excluding ortho intramolecular Hbond substituents is 2. The van der Waals surface area contributed by atoms with Crippen molar-refractivity contribution in [1.82, 2.24) is 5.43 Å². The summed E-state index contributed by atoms with van der Waals surface area (Å²) >= 11 is 0. The van der Waals surface area contributed by atoms with Crippen LogP contribution in [0.2, 0.25) is 0 Å². The van der Waals surface area contributed by atoms with E-state index in [9.17, 15) is 15.0 Å². The number of amides is 1. The lowest BCUT2D eigenvalue weighted by atomic mass is 10.2. The molecule has 0 radical (unpaired) electrons. The van der Waals surface area contributed by atoms with Crippen LogP contribution < -0.4 is 20.7 Å². The number of carbonyl (C=O) groups excluding carboxylic acids is 1. The number of hydrogen-bond donors (Lipinski definition) is 4. The normalized spacial score (nSPS) is 11.2. The number of carbonyl (C=O) groups is 1. The minimum absolute atomic E-state index is 0.0881. The van der Waals surface area contributed by atoms with Crippen LogP contribution in [-0.4, -0.2) is 54.7 Å². The highest BCUT2D eigenvalue weighted by molar-refractivity contribution is 5.96. The van der Waals surface area contributed by atoms with Gasteiger partial charge >= 0.3 is 0 Å². The molecule has 0 aliphatic carbocycles. The third kappa shape index (κ3) is 7.25. The number of hydrazone groups is 2. The van der Waals surface area contributed by atoms with E-state index >= 15 is 0 Å². The van der Waals surface area contributed by atoms with Gasteiger partial charge in [0.05, 0.1) is 18.1 Å². The number of rotatable bonds is 12. The molecule has 38 heavy (non-hydrogen) atoms. The fraction of sp³-hybridized carbons (Fsp3) is 0.276. The minimum Gasteiger partial charge on any atom is -0.507 e. The maximum Gasteiger partial charge on any atom is 0.271 e. The van der Waals surface area contributed by atoms with E-state index in [4.69, 9.17) is 0 Å². The maximum atomic E-state index is 12.6. The Morgan fingerprint density at radius 2 is 1.29 bits per heavy atom. The van der Waals surface area contributed by atoms with Crippen molar-refractivity contribution in [3.05, 3.63) is 77.4 Å². The summed E-state index contributed by atoms with van der Waals surface area (Å²) in [7, 11) is 0. The summed E-state index contributed by atoms with van der Waals surface area (Å²) in [5, 5.41) is 28.9. The first-order valence-electron chi connectivity index (χ1n) is 12.8. The lowest BCUT2D eigenvalue weighted by Gasteiger charge is -2.21. The summed E-state index contributed by atoms with van der Waals surface area (Å²) in [6, 6.07) is 17.6. The van der Waals surface area contributed by atoms with E-state index in [0.717, 1.165) is 37.6 Å². The SMILES string of the molecule is CCN(CC)c1ccc(C=NNC(=O)c2cccc(NN=Cc3ccc(N(CC)CC)cc3O)c2)c(O)c1. The Balaban J connectivity index is 1.60. The Morgan fingerprint density at radius 3 is 1.79 bits per heavy atom. The highest BCUT2D eigenvalue weighted by atomic mass is 16.3. The monoisotopic (exact) mass is 516 g/mol. The van der Waals surface area contributed by atoms with E-state index in [-0.39, 0.29) is 11.5 Å². The van der Waals surface area contributed by atoms with Gasteiger partial charge in [-0.05, 0) is 70.2 Å². The Morgan fingerprint density at radius 1 is 0.763 bits per heavy atom. The number of aromatic hydroxyl groups is 2. The first kappa shape index (κ1) is 28.0. The summed E-state index contributed by atoms with van der Waals surface area (Å²) in [4.78, 5) is 16.8. The van der Waals surface area contributed by atoms with Crippen molar-refractivity contribution in [3.8, 4) is 11.5 Å². The second-order valence-electron chi connectivity index (χ2n) is 8.48. The van der Waals surface area contributed by atoms with E-state index in [0.29, 0.717) is 22.4 Å². The van der Waals surface area contributed by atoms with Crippen LogP contribution in [0.4, 0.5) is 17.1 Å². The van der Waals surface area contributed by atoms with Gasteiger partial charge in [-0.25, -0.2) is 5.43 Å². The maximum absolute atomic E-state index is 12.6. The van der Waals surface area contributed by atoms with Crippen molar-refractivity contribution in [1.29, 1.82) is 0 Å². The molecule has 4 N–H and O–H groups in total. The van der Waals surface area contributed by atoms with E-state index in [1.165, 1.54) is 12.4 Å². The molecule has 3 aromatic carbocycles. The van der Waals surface area contributed by atoms with Crippen molar-refractivity contribution in [2.45, 2.75) is 27.7 Å². The number of benzene rings is 3. The number of anilines is 3. The number of hydrogen-bond acceptors (Lipinski definition) is 8. The molecule has 0 bridgehead atoms. The van der Waals surface area contributed by atoms with Crippen LogP contribution in [0.25, 0.3) is 0 Å². The fourth-order valence-corrected chi connectivity index (χ4v) is 3.98. The molecule has 0 aliphatic heterocycles. The van der Waals surface area contributed by atoms with Crippen molar-refractivity contribution in [3.63, 3.8) is 0 Å². The lowest BCUT2D eigenvalue weighted by Crippen LogP contribution is -2.21. The summed E-state index contributed by atoms with van der Waals surface area (Å²) in [6.07, 6.45) is 2.93. The highest BCUT2D eigenvalue weighted by Crippen LogP contribution is 2.24. The zero-order valence-corrected chi connectivity index (χ0v) is 22.3. The van der Waals surface area contributed by atoms with Gasteiger partial charge in [-0.15, -0.1) is 0 Å². The molecule has 0 aromatic heterocycles. The molecule has 0 heterocycles. The van der Waals surface area contributed by atoms with Crippen molar-refractivity contribution < 1.29 is 15.0 Å². The predicted octanol–water partition coefficient (Wildman–Crippen LogP) is 5.00. The summed E-state index contributed by atoms with van der Waals surface area (Å²) in [5.41, 5.74) is 9.29. The van der Waals surface area contributed by atoms with Crippen LogP contribution in [0, 0.1) is 0 Å². The Kier molecular flexibility index (Phi) is 10.1. The topological polar surface area (TPSA) is 113 Å². The van der Waals surface area contributed by atoms with E-state index < -0.39 is 5.91 Å². The van der Waals surface area contributed by atoms with Gasteiger partial charge in [0.1, 0.15) is 11.5 Å². The molecular formula is C29H36N6O3. The molecule has 0 fully saturated rings. The lowest BCUT2D eigenvalue weighted by molar-refractivity contribution is 0.0955. The first-order chi connectivity index (χ1) is 18.4. The second-order valence-corrected chi connectivity index (χ2v) is 8.48. The van der Waals surface area contributed by atoms with E-state index in [1.54, 1.807) is 42.5 Å². The molecule has 3 rings (SSSR count). The van der Waals surface area contributed by atoms with Gasteiger partial charge in [-0.1, -0.05) is 6.07 Å². The van der Waals surface area contributed by atoms with Gasteiger partial charge in [0, 0.05) is 66.4 Å². The van der Waals surface area contributed by atoms with Gasteiger partial charge < -0.3 is 20.0 Å². The smallest absolute Gasteiger partial charge is 0.271 e. The van der Waals surface area contributed by atoms with Crippen molar-refractivity contribution in [2.24, 2.45) is 10.2 Å². The predicted molar refractivity (Wildman–Crippen MR) is 156 cm³/mol. The largest absolute Gasteiger partial charge is 0.507 e. The van der Waals surface area contributed by atoms with Gasteiger partial charge in [-0.2, -0.15) is 10.2 Å². The van der Waals surface area contributed by atoms with Gasteiger partial charge in [-0.3, -0.25) is 10.2 Å². The van der Waals surface area contributed by atoms with Crippen molar-refractivity contribution >= 4 is 35.4 Å². The first-order valence-corrected chi connectivity index (χ1v) is 12.8. The average molecular weight is 517 g/mol. The van der Waals surface area contributed by atoms with Crippen LogP contribution in [0.15, 0.2) is 70.9 Å². The zero-order valence-electron chi connectivity index (χ0n) is 22.3. The molecule has 0 spiro atoms. The molecule has 1 amide bonds. The Hall–Kier alpha value is -4.53. The van der Waals surface area contributed by atoms with Crippen LogP contribution in [0.5, 0.6) is 11.5 Å². The molecule has 9 heteroatoms. The zero-order chi connectivity index (χ0) is 27.5. The Labute approximate surface area is 224 Å². The molecule has 0 saturated heterocycles. The van der Waals surface area contributed by atoms with Crippen LogP contribution in [0.3, 0.4) is 0 Å². The number of nitrogens with zero attached hydrogens (tertiary/aromatic N) is 4. The average Bonchev–Trinajstić information content (AvgIpc) is 2.92. The highest BCUT2D eigenvalue weighted by Gasteiger charge is 2.08. The van der Waals surface area contributed by atoms with E-state index in [1.807, 2.05) is 18.2 Å². The van der Waals surface area contributed by atoms with Gasteiger partial charge in [0.2, 0.25) is 0 Å². The third-order valence-corrected chi connectivity index (χ3v) is 6.18. The molecule has 3 aromatic rings. The molecule has 0 atom stereocenters. The van der Waals surface area contributed by atoms with Gasteiger partial charge in [0.15, 0.2) is 0 Å². The molecule has 0 aliphatic rings. The van der Waals surface area contributed by atoms with Gasteiger partial charge in [0.25, 0.3) is 5.91 Å². The molecule has 200 valence electrons. The number of nitrogens with one attached hydrogen (secondary N) is 2. The Bertz CT molecular complexity index is 1280.